The summed E-state index contributed by atoms with van der Waals surface area (Å²) in [6.07, 6.45) is 3.19. The zero-order valence-corrected chi connectivity index (χ0v) is 13.6. The number of carbonyl (C=O) groups excluding carboxylic acids is 1. The Kier molecular flexibility index (Phi) is 5.06. The molecule has 0 saturated carbocycles. The Labute approximate surface area is 144 Å². The summed E-state index contributed by atoms with van der Waals surface area (Å²) in [7, 11) is 1.59. The summed E-state index contributed by atoms with van der Waals surface area (Å²) in [6, 6.07) is 16.3. The van der Waals surface area contributed by atoms with Gasteiger partial charge >= 0.3 is 6.03 Å². The van der Waals surface area contributed by atoms with Gasteiger partial charge in [-0.15, -0.1) is 0 Å². The van der Waals surface area contributed by atoms with Crippen LogP contribution in [0.4, 0.5) is 10.5 Å². The van der Waals surface area contributed by atoms with Crippen molar-refractivity contribution in [3.8, 4) is 17.0 Å². The Balaban J connectivity index is 1.60. The molecule has 0 unspecified atom stereocenters. The lowest BCUT2D eigenvalue weighted by Crippen LogP contribution is -2.24. The molecule has 0 radical (unpaired) electrons. The minimum absolute atomic E-state index is 0.439. The lowest BCUT2D eigenvalue weighted by atomic mass is 10.1. The van der Waals surface area contributed by atoms with Crippen molar-refractivity contribution in [2.75, 3.05) is 12.4 Å². The van der Waals surface area contributed by atoms with Gasteiger partial charge in [0.25, 0.3) is 0 Å². The average Bonchev–Trinajstić information content (AvgIpc) is 3.11. The van der Waals surface area contributed by atoms with E-state index in [1.54, 1.807) is 43.8 Å². The number of nitrogens with zero attached hydrogens (tertiary/aromatic N) is 2. The molecule has 0 spiro atoms. The van der Waals surface area contributed by atoms with E-state index in [0.29, 0.717) is 5.69 Å². The summed E-state index contributed by atoms with van der Waals surface area (Å²) in [5.41, 5.74) is 5.66. The van der Waals surface area contributed by atoms with Crippen molar-refractivity contribution in [1.29, 1.82) is 0 Å². The number of methoxy groups -OCH3 is 1. The second kappa shape index (κ2) is 7.78. The number of hydrazone groups is 1. The molecule has 1 aromatic heterocycles. The third kappa shape index (κ3) is 4.23. The molecule has 126 valence electrons. The van der Waals surface area contributed by atoms with Crippen molar-refractivity contribution < 1.29 is 9.53 Å². The molecule has 3 N–H and O–H groups in total. The molecule has 3 rings (SSSR count). The molecule has 1 heterocycles. The third-order valence-electron chi connectivity index (χ3n) is 3.45. The fourth-order valence-corrected chi connectivity index (χ4v) is 2.22. The number of rotatable bonds is 5. The topological polar surface area (TPSA) is 91.4 Å². The molecular formula is C18H17N5O2. The van der Waals surface area contributed by atoms with Crippen molar-refractivity contribution >= 4 is 17.9 Å². The Morgan fingerprint density at radius 2 is 1.92 bits per heavy atom. The summed E-state index contributed by atoms with van der Waals surface area (Å²) in [5.74, 6) is 0.720. The van der Waals surface area contributed by atoms with E-state index in [2.05, 4.69) is 26.0 Å². The summed E-state index contributed by atoms with van der Waals surface area (Å²) >= 11 is 0. The maximum absolute atomic E-state index is 11.9. The number of urea groups is 1. The van der Waals surface area contributed by atoms with Crippen LogP contribution in [0.2, 0.25) is 0 Å². The van der Waals surface area contributed by atoms with Gasteiger partial charge in [-0.1, -0.05) is 30.3 Å². The van der Waals surface area contributed by atoms with Crippen LogP contribution < -0.4 is 15.5 Å². The van der Waals surface area contributed by atoms with E-state index in [-0.39, 0.29) is 0 Å². The van der Waals surface area contributed by atoms with Crippen molar-refractivity contribution in [2.45, 2.75) is 0 Å². The Bertz CT molecular complexity index is 857. The number of benzene rings is 2. The number of carbonyl (C=O) groups is 1. The van der Waals surface area contributed by atoms with E-state index in [9.17, 15) is 4.79 Å². The molecule has 7 nitrogen and oxygen atoms in total. The molecule has 0 saturated heterocycles. The predicted octanol–water partition coefficient (Wildman–Crippen LogP) is 3.24. The van der Waals surface area contributed by atoms with E-state index in [0.717, 1.165) is 22.6 Å². The number of aromatic nitrogens is 2. The van der Waals surface area contributed by atoms with Crippen LogP contribution in [-0.4, -0.2) is 29.6 Å². The first-order valence-electron chi connectivity index (χ1n) is 7.59. The summed E-state index contributed by atoms with van der Waals surface area (Å²) < 4.78 is 5.07. The molecule has 0 aliphatic heterocycles. The van der Waals surface area contributed by atoms with Crippen molar-refractivity contribution in [1.82, 2.24) is 15.6 Å². The lowest BCUT2D eigenvalue weighted by Gasteiger charge is -2.05. The van der Waals surface area contributed by atoms with Crippen molar-refractivity contribution in [3.63, 3.8) is 0 Å². The normalized spacial score (nSPS) is 10.6. The van der Waals surface area contributed by atoms with Crippen molar-refractivity contribution in [2.24, 2.45) is 5.10 Å². The standard InChI is InChI=1S/C18H17N5O2/c1-25-16-9-7-15(8-10-16)21-18(24)23-20-12-14-11-19-22-17(14)13-5-3-2-4-6-13/h2-12H,1H3,(H,19,22)(H2,21,23,24)/b20-12+. The molecule has 0 aliphatic rings. The zero-order chi connectivity index (χ0) is 17.5. The van der Waals surface area contributed by atoms with Gasteiger partial charge in [0, 0.05) is 16.8 Å². The lowest BCUT2D eigenvalue weighted by molar-refractivity contribution is 0.252. The molecule has 0 atom stereocenters. The molecule has 3 aromatic rings. The van der Waals surface area contributed by atoms with Gasteiger partial charge in [-0.3, -0.25) is 5.10 Å². The van der Waals surface area contributed by atoms with E-state index < -0.39 is 6.03 Å². The Hall–Kier alpha value is -3.61. The maximum Gasteiger partial charge on any atom is 0.339 e. The van der Waals surface area contributed by atoms with Gasteiger partial charge in [-0.05, 0) is 24.3 Å². The number of H-pyrrole nitrogens is 1. The van der Waals surface area contributed by atoms with E-state index in [1.165, 1.54) is 0 Å². The fourth-order valence-electron chi connectivity index (χ4n) is 2.22. The zero-order valence-electron chi connectivity index (χ0n) is 13.6. The van der Waals surface area contributed by atoms with Crippen LogP contribution >= 0.6 is 0 Å². The summed E-state index contributed by atoms with van der Waals surface area (Å²) in [6.45, 7) is 0. The number of aromatic amines is 1. The predicted molar refractivity (Wildman–Crippen MR) is 96.8 cm³/mol. The number of ether oxygens (including phenoxy) is 1. The van der Waals surface area contributed by atoms with Gasteiger partial charge in [-0.2, -0.15) is 10.2 Å². The van der Waals surface area contributed by atoms with Gasteiger partial charge in [0.2, 0.25) is 0 Å². The van der Waals surface area contributed by atoms with Crippen molar-refractivity contribution in [3.05, 3.63) is 66.4 Å². The van der Waals surface area contributed by atoms with E-state index in [1.807, 2.05) is 30.3 Å². The molecular weight excluding hydrogens is 318 g/mol. The number of hydrogen-bond acceptors (Lipinski definition) is 4. The molecule has 7 heteroatoms. The Morgan fingerprint density at radius 3 is 2.64 bits per heavy atom. The average molecular weight is 335 g/mol. The number of anilines is 1. The molecule has 0 fully saturated rings. The monoisotopic (exact) mass is 335 g/mol. The first-order valence-corrected chi connectivity index (χ1v) is 7.59. The van der Waals surface area contributed by atoms with Gasteiger partial charge in [0.15, 0.2) is 0 Å². The summed E-state index contributed by atoms with van der Waals surface area (Å²) in [4.78, 5) is 11.9. The number of amides is 2. The number of hydrogen-bond donors (Lipinski definition) is 3. The van der Waals surface area contributed by atoms with Crippen LogP contribution in [0, 0.1) is 0 Å². The van der Waals surface area contributed by atoms with Crippen LogP contribution in [0.25, 0.3) is 11.3 Å². The minimum atomic E-state index is -0.439. The second-order valence-corrected chi connectivity index (χ2v) is 5.12. The van der Waals surface area contributed by atoms with Gasteiger partial charge in [-0.25, -0.2) is 10.2 Å². The van der Waals surface area contributed by atoms with E-state index >= 15 is 0 Å². The molecule has 2 amide bonds. The van der Waals surface area contributed by atoms with E-state index in [4.69, 9.17) is 4.74 Å². The highest BCUT2D eigenvalue weighted by molar-refractivity contribution is 5.92. The molecule has 25 heavy (non-hydrogen) atoms. The number of nitrogens with one attached hydrogen (secondary N) is 3. The van der Waals surface area contributed by atoms with Gasteiger partial charge in [0.1, 0.15) is 5.75 Å². The maximum atomic E-state index is 11.9. The highest BCUT2D eigenvalue weighted by atomic mass is 16.5. The SMILES string of the molecule is COc1ccc(NC(=O)N/N=C/c2cn[nH]c2-c2ccccc2)cc1. The van der Waals surface area contributed by atoms with Crippen LogP contribution in [0.5, 0.6) is 5.75 Å². The largest absolute Gasteiger partial charge is 0.497 e. The third-order valence-corrected chi connectivity index (χ3v) is 3.45. The van der Waals surface area contributed by atoms with Crippen LogP contribution in [0.3, 0.4) is 0 Å². The second-order valence-electron chi connectivity index (χ2n) is 5.12. The fraction of sp³-hybridized carbons (Fsp3) is 0.0556. The van der Waals surface area contributed by atoms with Gasteiger partial charge < -0.3 is 10.1 Å². The molecule has 0 bridgehead atoms. The van der Waals surface area contributed by atoms with Gasteiger partial charge in [0.05, 0.1) is 25.2 Å². The van der Waals surface area contributed by atoms with Crippen LogP contribution in [-0.2, 0) is 0 Å². The Morgan fingerprint density at radius 1 is 1.16 bits per heavy atom. The smallest absolute Gasteiger partial charge is 0.339 e. The highest BCUT2D eigenvalue weighted by Crippen LogP contribution is 2.19. The van der Waals surface area contributed by atoms with Crippen LogP contribution in [0.1, 0.15) is 5.56 Å². The minimum Gasteiger partial charge on any atom is -0.497 e. The first kappa shape index (κ1) is 16.3. The van der Waals surface area contributed by atoms with Crippen LogP contribution in [0.15, 0.2) is 65.9 Å². The molecule has 0 aliphatic carbocycles. The summed E-state index contributed by atoms with van der Waals surface area (Å²) in [5, 5.41) is 13.6. The highest BCUT2D eigenvalue weighted by Gasteiger charge is 2.05. The molecule has 2 aromatic carbocycles. The quantitative estimate of drug-likeness (QED) is 0.494. The first-order chi connectivity index (χ1) is 12.3.